The second-order valence-electron chi connectivity index (χ2n) is 3.58. The molecule has 1 rings (SSSR count). The first-order valence-corrected chi connectivity index (χ1v) is 7.58. The minimum atomic E-state index is -3.70. The van der Waals surface area contributed by atoms with Gasteiger partial charge in [-0.25, -0.2) is 13.4 Å². The highest BCUT2D eigenvalue weighted by Gasteiger charge is 2.27. The van der Waals surface area contributed by atoms with E-state index in [9.17, 15) is 8.42 Å². The van der Waals surface area contributed by atoms with E-state index in [-0.39, 0.29) is 18.2 Å². The summed E-state index contributed by atoms with van der Waals surface area (Å²) in [6.07, 6.45) is 1.23. The van der Waals surface area contributed by atoms with E-state index in [2.05, 4.69) is 15.2 Å². The number of hydrogen-bond acceptors (Lipinski definition) is 6. The first-order valence-electron chi connectivity index (χ1n) is 6.14. The number of aromatic nitrogens is 3. The van der Waals surface area contributed by atoms with E-state index in [1.807, 2.05) is 13.8 Å². The molecule has 0 fully saturated rings. The van der Waals surface area contributed by atoms with Crippen LogP contribution in [0.1, 0.15) is 13.8 Å². The number of nitrogens with zero attached hydrogens (tertiary/aromatic N) is 3. The third-order valence-corrected chi connectivity index (χ3v) is 4.04. The summed E-state index contributed by atoms with van der Waals surface area (Å²) in [5.74, 6) is 0. The molecule has 1 N–H and O–H groups in total. The van der Waals surface area contributed by atoms with Crippen LogP contribution in [0.5, 0.6) is 0 Å². The monoisotopic (exact) mass is 292 g/mol. The molecule has 9 heteroatoms. The lowest BCUT2D eigenvalue weighted by atomic mass is 10.6. The lowest BCUT2D eigenvalue weighted by Crippen LogP contribution is -2.37. The van der Waals surface area contributed by atoms with E-state index in [0.717, 1.165) is 0 Å². The van der Waals surface area contributed by atoms with Crippen molar-refractivity contribution in [3.63, 3.8) is 0 Å². The summed E-state index contributed by atoms with van der Waals surface area (Å²) >= 11 is 0. The number of hydrogen-bond donors (Lipinski definition) is 1. The second-order valence-corrected chi connectivity index (χ2v) is 5.41. The molecule has 0 aliphatic heterocycles. The summed E-state index contributed by atoms with van der Waals surface area (Å²) in [6.45, 7) is 5.94. The van der Waals surface area contributed by atoms with Crippen LogP contribution in [0.3, 0.4) is 0 Å². The fourth-order valence-corrected chi connectivity index (χ4v) is 2.63. The average molecular weight is 292 g/mol. The fourth-order valence-electron chi connectivity index (χ4n) is 1.41. The molecule has 110 valence electrons. The van der Waals surface area contributed by atoms with Crippen molar-refractivity contribution in [2.75, 3.05) is 39.5 Å². The molecule has 0 radical (unpaired) electrons. The van der Waals surface area contributed by atoms with Crippen LogP contribution in [0.2, 0.25) is 0 Å². The Morgan fingerprint density at radius 3 is 2.21 bits per heavy atom. The number of H-pyrrole nitrogens is 1. The maximum absolute atomic E-state index is 12.3. The van der Waals surface area contributed by atoms with Crippen LogP contribution in [0.4, 0.5) is 0 Å². The molecule has 1 aromatic rings. The molecule has 0 aliphatic rings. The standard InChI is InChI=1S/C10H20N4O4S/c1-3-17-7-5-14(6-8-18-4-2)19(15,16)10-11-9-12-13-10/h9H,3-8H2,1-2H3,(H,11,12,13). The van der Waals surface area contributed by atoms with Gasteiger partial charge in [-0.15, -0.1) is 5.10 Å². The smallest absolute Gasteiger partial charge is 0.282 e. The Kier molecular flexibility index (Phi) is 6.92. The van der Waals surface area contributed by atoms with Gasteiger partial charge in [0, 0.05) is 26.3 Å². The highest BCUT2D eigenvalue weighted by Crippen LogP contribution is 2.09. The van der Waals surface area contributed by atoms with E-state index in [4.69, 9.17) is 9.47 Å². The SMILES string of the molecule is CCOCCN(CCOCC)S(=O)(=O)c1nc[nH]n1. The van der Waals surface area contributed by atoms with Crippen molar-refractivity contribution in [1.29, 1.82) is 0 Å². The molecule has 0 amide bonds. The minimum absolute atomic E-state index is 0.236. The van der Waals surface area contributed by atoms with Gasteiger partial charge in [-0.05, 0) is 13.8 Å². The van der Waals surface area contributed by atoms with Gasteiger partial charge in [-0.2, -0.15) is 4.31 Å². The minimum Gasteiger partial charge on any atom is -0.380 e. The van der Waals surface area contributed by atoms with Gasteiger partial charge < -0.3 is 9.47 Å². The second kappa shape index (κ2) is 8.20. The van der Waals surface area contributed by atoms with Gasteiger partial charge in [0.2, 0.25) is 0 Å². The first kappa shape index (κ1) is 16.0. The largest absolute Gasteiger partial charge is 0.380 e. The summed E-state index contributed by atoms with van der Waals surface area (Å²) in [7, 11) is -3.70. The van der Waals surface area contributed by atoms with Gasteiger partial charge in [-0.3, -0.25) is 5.10 Å². The topological polar surface area (TPSA) is 97.4 Å². The zero-order valence-corrected chi connectivity index (χ0v) is 12.0. The Balaban J connectivity index is 2.70. The van der Waals surface area contributed by atoms with Crippen molar-refractivity contribution in [3.8, 4) is 0 Å². The molecular weight excluding hydrogens is 272 g/mol. The van der Waals surface area contributed by atoms with E-state index >= 15 is 0 Å². The molecule has 0 saturated heterocycles. The van der Waals surface area contributed by atoms with Gasteiger partial charge in [-0.1, -0.05) is 0 Å². The Labute approximate surface area is 113 Å². The third kappa shape index (κ3) is 4.86. The summed E-state index contributed by atoms with van der Waals surface area (Å²) in [4.78, 5) is 3.69. The molecule has 19 heavy (non-hydrogen) atoms. The van der Waals surface area contributed by atoms with E-state index in [1.165, 1.54) is 10.6 Å². The predicted molar refractivity (Wildman–Crippen MR) is 68.1 cm³/mol. The molecule has 0 bridgehead atoms. The van der Waals surface area contributed by atoms with Gasteiger partial charge in [0.05, 0.1) is 13.2 Å². The maximum Gasteiger partial charge on any atom is 0.282 e. The van der Waals surface area contributed by atoms with E-state index in [1.54, 1.807) is 0 Å². The molecular formula is C10H20N4O4S. The van der Waals surface area contributed by atoms with Crippen molar-refractivity contribution >= 4 is 10.0 Å². The quantitative estimate of drug-likeness (QED) is 0.603. The molecule has 1 heterocycles. The number of rotatable bonds is 10. The van der Waals surface area contributed by atoms with Crippen molar-refractivity contribution < 1.29 is 17.9 Å². The van der Waals surface area contributed by atoms with Crippen molar-refractivity contribution in [2.45, 2.75) is 19.0 Å². The van der Waals surface area contributed by atoms with Crippen molar-refractivity contribution in [2.24, 2.45) is 0 Å². The van der Waals surface area contributed by atoms with Crippen molar-refractivity contribution in [3.05, 3.63) is 6.33 Å². The molecule has 0 saturated carbocycles. The van der Waals surface area contributed by atoms with Gasteiger partial charge in [0.1, 0.15) is 6.33 Å². The zero-order valence-electron chi connectivity index (χ0n) is 11.2. The molecule has 8 nitrogen and oxygen atoms in total. The van der Waals surface area contributed by atoms with Crippen LogP contribution < -0.4 is 0 Å². The summed E-state index contributed by atoms with van der Waals surface area (Å²) < 4.78 is 36.1. The third-order valence-electron chi connectivity index (χ3n) is 2.34. The van der Waals surface area contributed by atoms with Crippen LogP contribution >= 0.6 is 0 Å². The van der Waals surface area contributed by atoms with Crippen molar-refractivity contribution in [1.82, 2.24) is 19.5 Å². The Hall–Kier alpha value is -1.03. The fraction of sp³-hybridized carbons (Fsp3) is 0.800. The predicted octanol–water partition coefficient (Wildman–Crippen LogP) is -0.132. The molecule has 0 atom stereocenters. The Morgan fingerprint density at radius 1 is 1.21 bits per heavy atom. The zero-order chi connectivity index (χ0) is 14.1. The highest BCUT2D eigenvalue weighted by molar-refractivity contribution is 7.88. The molecule has 0 aromatic carbocycles. The van der Waals surface area contributed by atoms with Crippen LogP contribution in [-0.4, -0.2) is 67.4 Å². The van der Waals surface area contributed by atoms with E-state index in [0.29, 0.717) is 26.4 Å². The Morgan fingerprint density at radius 2 is 1.79 bits per heavy atom. The van der Waals surface area contributed by atoms with Gasteiger partial charge in [0.25, 0.3) is 15.2 Å². The summed E-state index contributed by atoms with van der Waals surface area (Å²) in [6, 6.07) is 0. The van der Waals surface area contributed by atoms with Gasteiger partial charge >= 0.3 is 0 Å². The van der Waals surface area contributed by atoms with Crippen LogP contribution in [0, 0.1) is 0 Å². The lowest BCUT2D eigenvalue weighted by molar-refractivity contribution is 0.110. The average Bonchev–Trinajstić information content (AvgIpc) is 2.91. The van der Waals surface area contributed by atoms with Crippen LogP contribution in [-0.2, 0) is 19.5 Å². The Bertz CT molecular complexity index is 424. The maximum atomic E-state index is 12.3. The lowest BCUT2D eigenvalue weighted by Gasteiger charge is -2.20. The van der Waals surface area contributed by atoms with Crippen LogP contribution in [0.15, 0.2) is 11.5 Å². The number of nitrogens with one attached hydrogen (secondary N) is 1. The molecule has 0 spiro atoms. The van der Waals surface area contributed by atoms with Gasteiger partial charge in [0.15, 0.2) is 0 Å². The normalized spacial score (nSPS) is 12.2. The number of sulfonamides is 1. The highest BCUT2D eigenvalue weighted by atomic mass is 32.2. The number of ether oxygens (including phenoxy) is 2. The number of aromatic amines is 1. The van der Waals surface area contributed by atoms with E-state index < -0.39 is 10.0 Å². The first-order chi connectivity index (χ1) is 9.12. The summed E-state index contributed by atoms with van der Waals surface area (Å²) in [5.41, 5.74) is 0. The summed E-state index contributed by atoms with van der Waals surface area (Å²) in [5, 5.41) is 5.78. The molecule has 1 aromatic heterocycles. The van der Waals surface area contributed by atoms with Crippen LogP contribution in [0.25, 0.3) is 0 Å². The molecule has 0 aliphatic carbocycles. The molecule has 0 unspecified atom stereocenters.